The van der Waals surface area contributed by atoms with Crippen molar-refractivity contribution < 1.29 is 18.8 Å². The van der Waals surface area contributed by atoms with E-state index in [1.165, 1.54) is 7.11 Å². The molecule has 2 aromatic rings. The number of carbonyl (C=O) groups is 2. The molecule has 2 aromatic heterocycles. The van der Waals surface area contributed by atoms with Crippen LogP contribution in [-0.4, -0.2) is 39.3 Å². The molecule has 21 heavy (non-hydrogen) atoms. The molecule has 0 aliphatic rings. The molecule has 2 N–H and O–H groups in total. The Morgan fingerprint density at radius 1 is 1.38 bits per heavy atom. The molecule has 0 bridgehead atoms. The molecule has 0 saturated heterocycles. The second-order valence-corrected chi connectivity index (χ2v) is 4.35. The van der Waals surface area contributed by atoms with Gasteiger partial charge in [0.1, 0.15) is 5.76 Å². The third-order valence-electron chi connectivity index (χ3n) is 2.90. The van der Waals surface area contributed by atoms with Crippen molar-refractivity contribution in [3.63, 3.8) is 0 Å². The van der Waals surface area contributed by atoms with E-state index in [4.69, 9.17) is 4.52 Å². The highest BCUT2D eigenvalue weighted by Gasteiger charge is 2.15. The molecule has 0 spiro atoms. The second-order valence-electron chi connectivity index (χ2n) is 4.35. The average Bonchev–Trinajstić information content (AvgIpc) is 3.04. The largest absolute Gasteiger partial charge is 0.463 e. The van der Waals surface area contributed by atoms with Crippen LogP contribution in [0.25, 0.3) is 0 Å². The molecule has 9 nitrogen and oxygen atoms in total. The van der Waals surface area contributed by atoms with E-state index in [2.05, 4.69) is 30.4 Å². The van der Waals surface area contributed by atoms with Crippen molar-refractivity contribution >= 4 is 17.8 Å². The first-order chi connectivity index (χ1) is 10.0. The Labute approximate surface area is 120 Å². The van der Waals surface area contributed by atoms with Crippen LogP contribution in [0.4, 0.5) is 5.95 Å². The molecule has 9 heteroatoms. The maximum atomic E-state index is 11.8. The quantitative estimate of drug-likeness (QED) is 0.780. The number of esters is 1. The third kappa shape index (κ3) is 3.44. The predicted molar refractivity (Wildman–Crippen MR) is 70.6 cm³/mol. The monoisotopic (exact) mass is 293 g/mol. The number of ether oxygens (including phenoxy) is 1. The molecule has 0 aromatic carbocycles. The lowest BCUT2D eigenvalue weighted by Crippen LogP contribution is -2.14. The molecule has 112 valence electrons. The fraction of sp³-hybridized carbons (Fsp3) is 0.417. The average molecular weight is 293 g/mol. The molecule has 0 fully saturated rings. The number of nitrogens with one attached hydrogen (secondary N) is 2. The van der Waals surface area contributed by atoms with Gasteiger partial charge in [0, 0.05) is 12.0 Å². The number of nitrogens with zero attached hydrogens (tertiary/aromatic N) is 3. The molecule has 2 heterocycles. The second kappa shape index (κ2) is 6.16. The van der Waals surface area contributed by atoms with Crippen LogP contribution in [0.15, 0.2) is 4.52 Å². The molecule has 1 amide bonds. The van der Waals surface area contributed by atoms with Gasteiger partial charge in [-0.2, -0.15) is 4.98 Å². The van der Waals surface area contributed by atoms with Crippen LogP contribution in [0.1, 0.15) is 34.1 Å². The summed E-state index contributed by atoms with van der Waals surface area (Å²) in [6, 6.07) is 0. The Balaban J connectivity index is 1.90. The van der Waals surface area contributed by atoms with Gasteiger partial charge in [0.2, 0.25) is 17.7 Å². The third-order valence-corrected chi connectivity index (χ3v) is 2.90. The standard InChI is InChI=1S/C12H15N5O4/c1-6-8(7(2)21-17-6)4-5-9(18)13-12-14-10(15-16-12)11(19)20-3/h4-5H2,1-3H3,(H2,13,14,15,16,18). The molecule has 0 aliphatic heterocycles. The smallest absolute Gasteiger partial charge is 0.375 e. The van der Waals surface area contributed by atoms with Gasteiger partial charge in [-0.1, -0.05) is 5.16 Å². The highest BCUT2D eigenvalue weighted by molar-refractivity contribution is 5.90. The van der Waals surface area contributed by atoms with E-state index < -0.39 is 5.97 Å². The number of carbonyl (C=O) groups excluding carboxylic acids is 2. The van der Waals surface area contributed by atoms with E-state index >= 15 is 0 Å². The van der Waals surface area contributed by atoms with Crippen molar-refractivity contribution in [3.05, 3.63) is 22.8 Å². The lowest BCUT2D eigenvalue weighted by Gasteiger charge is -2.00. The highest BCUT2D eigenvalue weighted by Crippen LogP contribution is 2.14. The minimum atomic E-state index is -0.654. The van der Waals surface area contributed by atoms with Crippen molar-refractivity contribution in [1.29, 1.82) is 0 Å². The van der Waals surface area contributed by atoms with Gasteiger partial charge in [-0.25, -0.2) is 4.79 Å². The Morgan fingerprint density at radius 3 is 2.76 bits per heavy atom. The maximum absolute atomic E-state index is 11.8. The number of anilines is 1. The van der Waals surface area contributed by atoms with E-state index in [0.717, 1.165) is 11.3 Å². The summed E-state index contributed by atoms with van der Waals surface area (Å²) in [6.07, 6.45) is 0.728. The number of aryl methyl sites for hydroxylation is 2. The van der Waals surface area contributed by atoms with Gasteiger partial charge in [-0.3, -0.25) is 15.2 Å². The maximum Gasteiger partial charge on any atom is 0.375 e. The van der Waals surface area contributed by atoms with Crippen LogP contribution in [0.3, 0.4) is 0 Å². The zero-order valence-electron chi connectivity index (χ0n) is 11.9. The fourth-order valence-corrected chi connectivity index (χ4v) is 1.79. The van der Waals surface area contributed by atoms with Gasteiger partial charge in [-0.15, -0.1) is 5.10 Å². The molecule has 0 radical (unpaired) electrons. The van der Waals surface area contributed by atoms with Crippen LogP contribution >= 0.6 is 0 Å². The summed E-state index contributed by atoms with van der Waals surface area (Å²) in [5, 5.41) is 12.4. The van der Waals surface area contributed by atoms with Crippen molar-refractivity contribution in [2.45, 2.75) is 26.7 Å². The number of amides is 1. The lowest BCUT2D eigenvalue weighted by molar-refractivity contribution is -0.116. The number of aromatic amines is 1. The van der Waals surface area contributed by atoms with Crippen molar-refractivity contribution in [1.82, 2.24) is 20.3 Å². The van der Waals surface area contributed by atoms with E-state index in [0.29, 0.717) is 12.2 Å². The summed E-state index contributed by atoms with van der Waals surface area (Å²) in [5.41, 5.74) is 1.68. The molecule has 0 saturated carbocycles. The van der Waals surface area contributed by atoms with Gasteiger partial charge in [0.15, 0.2) is 0 Å². The molecular weight excluding hydrogens is 278 g/mol. The Kier molecular flexibility index (Phi) is 4.31. The van der Waals surface area contributed by atoms with Gasteiger partial charge < -0.3 is 9.26 Å². The van der Waals surface area contributed by atoms with Crippen LogP contribution in [-0.2, 0) is 16.0 Å². The lowest BCUT2D eigenvalue weighted by atomic mass is 10.1. The van der Waals surface area contributed by atoms with Gasteiger partial charge in [0.25, 0.3) is 0 Å². The van der Waals surface area contributed by atoms with Crippen LogP contribution in [0, 0.1) is 13.8 Å². The number of H-pyrrole nitrogens is 1. The molecular formula is C12H15N5O4. The van der Waals surface area contributed by atoms with E-state index in [9.17, 15) is 9.59 Å². The fourth-order valence-electron chi connectivity index (χ4n) is 1.79. The number of rotatable bonds is 5. The van der Waals surface area contributed by atoms with E-state index in [-0.39, 0.29) is 24.1 Å². The van der Waals surface area contributed by atoms with Crippen LogP contribution < -0.4 is 5.32 Å². The number of methoxy groups -OCH3 is 1. The van der Waals surface area contributed by atoms with Gasteiger partial charge >= 0.3 is 5.97 Å². The minimum Gasteiger partial charge on any atom is -0.463 e. The van der Waals surface area contributed by atoms with Crippen molar-refractivity contribution in [3.8, 4) is 0 Å². The van der Waals surface area contributed by atoms with Crippen molar-refractivity contribution in [2.75, 3.05) is 12.4 Å². The van der Waals surface area contributed by atoms with E-state index in [1.54, 1.807) is 6.92 Å². The van der Waals surface area contributed by atoms with E-state index in [1.807, 2.05) is 6.92 Å². The zero-order valence-corrected chi connectivity index (χ0v) is 11.9. The number of hydrogen-bond donors (Lipinski definition) is 2. The minimum absolute atomic E-state index is 0.0270. The zero-order chi connectivity index (χ0) is 15.4. The molecule has 0 unspecified atom stereocenters. The predicted octanol–water partition coefficient (Wildman–Crippen LogP) is 0.767. The van der Waals surface area contributed by atoms with Crippen molar-refractivity contribution in [2.24, 2.45) is 0 Å². The van der Waals surface area contributed by atoms with Gasteiger partial charge in [-0.05, 0) is 20.3 Å². The van der Waals surface area contributed by atoms with Gasteiger partial charge in [0.05, 0.1) is 12.8 Å². The first-order valence-corrected chi connectivity index (χ1v) is 6.23. The Hall–Kier alpha value is -2.71. The Morgan fingerprint density at radius 2 is 2.14 bits per heavy atom. The molecule has 2 rings (SSSR count). The summed E-state index contributed by atoms with van der Waals surface area (Å²) >= 11 is 0. The first-order valence-electron chi connectivity index (χ1n) is 6.23. The SMILES string of the molecule is COC(=O)c1nc(NC(=O)CCc2c(C)noc2C)n[nH]1. The summed E-state index contributed by atoms with van der Waals surface area (Å²) in [7, 11) is 1.23. The first kappa shape index (κ1) is 14.7. The Bertz CT molecular complexity index is 641. The number of hydrogen-bond acceptors (Lipinski definition) is 7. The molecule has 0 atom stereocenters. The summed E-state index contributed by atoms with van der Waals surface area (Å²) in [6.45, 7) is 3.62. The summed E-state index contributed by atoms with van der Waals surface area (Å²) in [4.78, 5) is 26.8. The highest BCUT2D eigenvalue weighted by atomic mass is 16.5. The number of aromatic nitrogens is 4. The normalized spacial score (nSPS) is 10.4. The van der Waals surface area contributed by atoms with Crippen LogP contribution in [0.2, 0.25) is 0 Å². The summed E-state index contributed by atoms with van der Waals surface area (Å²) in [5.74, 6) is -0.270. The molecule has 0 aliphatic carbocycles. The summed E-state index contributed by atoms with van der Waals surface area (Å²) < 4.78 is 9.50. The topological polar surface area (TPSA) is 123 Å². The van der Waals surface area contributed by atoms with Crippen LogP contribution in [0.5, 0.6) is 0 Å².